The molecular formula is C12H14N2. The van der Waals surface area contributed by atoms with Gasteiger partial charge in [0.25, 0.3) is 0 Å². The van der Waals surface area contributed by atoms with Gasteiger partial charge in [-0.1, -0.05) is 19.6 Å². The van der Waals surface area contributed by atoms with E-state index in [1.807, 2.05) is 6.92 Å². The predicted octanol–water partition coefficient (Wildman–Crippen LogP) is 1.92. The van der Waals surface area contributed by atoms with Crippen LogP contribution in [-0.4, -0.2) is 6.04 Å². The van der Waals surface area contributed by atoms with Crippen molar-refractivity contribution in [2.45, 2.75) is 19.9 Å². The van der Waals surface area contributed by atoms with Gasteiger partial charge in [0.15, 0.2) is 0 Å². The molecule has 0 aromatic rings. The Morgan fingerprint density at radius 2 is 2.21 bits per heavy atom. The Balaban J connectivity index is 2.20. The lowest BCUT2D eigenvalue weighted by atomic mass is 9.60. The van der Waals surface area contributed by atoms with Gasteiger partial charge in [0.1, 0.15) is 0 Å². The van der Waals surface area contributed by atoms with Gasteiger partial charge in [-0.3, -0.25) is 0 Å². The lowest BCUT2D eigenvalue weighted by Crippen LogP contribution is -2.34. The van der Waals surface area contributed by atoms with Crippen LogP contribution < -0.4 is 5.73 Å². The molecule has 1 fully saturated rings. The highest BCUT2D eigenvalue weighted by Crippen LogP contribution is 2.53. The number of rotatable bonds is 2. The second-order valence-electron chi connectivity index (χ2n) is 4.17. The molecule has 3 atom stereocenters. The molecule has 0 bridgehead atoms. The molecule has 72 valence electrons. The van der Waals surface area contributed by atoms with Gasteiger partial charge >= 0.3 is 0 Å². The van der Waals surface area contributed by atoms with Gasteiger partial charge in [0, 0.05) is 6.04 Å². The Bertz CT molecular complexity index is 397. The summed E-state index contributed by atoms with van der Waals surface area (Å²) in [6.45, 7) is 8.05. The van der Waals surface area contributed by atoms with Crippen LogP contribution in [0.15, 0.2) is 34.9 Å². The molecule has 2 aliphatic carbocycles. The van der Waals surface area contributed by atoms with Crippen LogP contribution >= 0.6 is 0 Å². The molecule has 0 spiro atoms. The Kier molecular flexibility index (Phi) is 1.87. The fourth-order valence-electron chi connectivity index (χ4n) is 2.04. The third-order valence-corrected chi connectivity index (χ3v) is 3.28. The van der Waals surface area contributed by atoms with Crippen LogP contribution in [0.5, 0.6) is 0 Å². The van der Waals surface area contributed by atoms with Crippen LogP contribution in [0.25, 0.3) is 0 Å². The van der Waals surface area contributed by atoms with Gasteiger partial charge in [-0.05, 0) is 35.1 Å². The minimum atomic E-state index is -0.0472. The van der Waals surface area contributed by atoms with Gasteiger partial charge in [0.2, 0.25) is 0 Å². The van der Waals surface area contributed by atoms with E-state index in [4.69, 9.17) is 11.0 Å². The monoisotopic (exact) mass is 186 g/mol. The normalized spacial score (nSPS) is 28.0. The maximum atomic E-state index is 8.81. The summed E-state index contributed by atoms with van der Waals surface area (Å²) in [5.74, 6) is 0.319. The van der Waals surface area contributed by atoms with E-state index in [1.54, 1.807) is 0 Å². The van der Waals surface area contributed by atoms with E-state index in [1.165, 1.54) is 16.7 Å². The predicted molar refractivity (Wildman–Crippen MR) is 56.2 cm³/mol. The molecule has 0 aromatic heterocycles. The maximum Gasteiger partial charge on any atom is 0.0969 e. The van der Waals surface area contributed by atoms with Gasteiger partial charge in [-0.15, -0.1) is 0 Å². The summed E-state index contributed by atoms with van der Waals surface area (Å²) in [5.41, 5.74) is 10.5. The zero-order valence-corrected chi connectivity index (χ0v) is 8.54. The minimum Gasteiger partial charge on any atom is -0.327 e. The van der Waals surface area contributed by atoms with Crippen LogP contribution in [0.1, 0.15) is 13.8 Å². The van der Waals surface area contributed by atoms with Crippen LogP contribution in [0, 0.1) is 23.2 Å². The number of nitrogens with two attached hydrogens (primary N) is 1. The first-order chi connectivity index (χ1) is 6.57. The fraction of sp³-hybridized carbons (Fsp3) is 0.417. The molecule has 2 heteroatoms. The summed E-state index contributed by atoms with van der Waals surface area (Å²) < 4.78 is 0. The Morgan fingerprint density at radius 3 is 2.64 bits per heavy atom. The molecule has 3 unspecified atom stereocenters. The second kappa shape index (κ2) is 2.83. The lowest BCUT2D eigenvalue weighted by molar-refractivity contribution is 0.545. The van der Waals surface area contributed by atoms with Crippen molar-refractivity contribution in [1.82, 2.24) is 0 Å². The highest BCUT2D eigenvalue weighted by atomic mass is 14.6. The fourth-order valence-corrected chi connectivity index (χ4v) is 2.04. The standard InChI is InChI=1S/C12H14N2/c1-6(8(3)14)9-4-10-11(5-13)7(2)12(9)10/h4,6,8,11H,2,14H2,1,3H3. The van der Waals surface area contributed by atoms with Crippen LogP contribution in [-0.2, 0) is 0 Å². The zero-order valence-electron chi connectivity index (χ0n) is 8.54. The molecule has 2 rings (SSSR count). The van der Waals surface area contributed by atoms with Gasteiger partial charge < -0.3 is 5.73 Å². The SMILES string of the molecule is C=C1C2=C(C(C)C(C)N)C=C2C1C#N. The summed E-state index contributed by atoms with van der Waals surface area (Å²) in [6, 6.07) is 2.39. The zero-order chi connectivity index (χ0) is 10.5. The third-order valence-electron chi connectivity index (χ3n) is 3.28. The van der Waals surface area contributed by atoms with Gasteiger partial charge in [0.05, 0.1) is 12.0 Å². The van der Waals surface area contributed by atoms with Crippen molar-refractivity contribution >= 4 is 0 Å². The largest absolute Gasteiger partial charge is 0.327 e. The van der Waals surface area contributed by atoms with Crippen molar-refractivity contribution in [2.24, 2.45) is 17.6 Å². The number of nitriles is 1. The molecule has 1 saturated carbocycles. The highest BCUT2D eigenvalue weighted by Gasteiger charge is 2.42. The molecule has 0 saturated heterocycles. The summed E-state index contributed by atoms with van der Waals surface area (Å²) in [7, 11) is 0. The van der Waals surface area contributed by atoms with Gasteiger partial charge in [-0.2, -0.15) is 5.26 Å². The van der Waals surface area contributed by atoms with Crippen molar-refractivity contribution in [1.29, 1.82) is 5.26 Å². The quantitative estimate of drug-likeness (QED) is 0.716. The Morgan fingerprint density at radius 1 is 1.57 bits per heavy atom. The van der Waals surface area contributed by atoms with Crippen LogP contribution in [0.4, 0.5) is 0 Å². The Hall–Kier alpha value is -1.33. The van der Waals surface area contributed by atoms with Gasteiger partial charge in [-0.25, -0.2) is 0 Å². The summed E-state index contributed by atoms with van der Waals surface area (Å²) in [5, 5.41) is 8.81. The Labute approximate surface area is 84.4 Å². The number of hydrogen-bond donors (Lipinski definition) is 1. The van der Waals surface area contributed by atoms with E-state index >= 15 is 0 Å². The van der Waals surface area contributed by atoms with E-state index in [9.17, 15) is 0 Å². The molecule has 2 aliphatic rings. The van der Waals surface area contributed by atoms with Crippen molar-refractivity contribution in [3.8, 4) is 6.07 Å². The molecule has 0 radical (unpaired) electrons. The van der Waals surface area contributed by atoms with Crippen LogP contribution in [0.2, 0.25) is 0 Å². The molecule has 0 amide bonds. The average molecular weight is 186 g/mol. The van der Waals surface area contributed by atoms with Crippen LogP contribution in [0.3, 0.4) is 0 Å². The number of fused-ring (bicyclic) bond motifs is 1. The molecule has 2 nitrogen and oxygen atoms in total. The maximum absolute atomic E-state index is 8.81. The van der Waals surface area contributed by atoms with E-state index in [0.29, 0.717) is 5.92 Å². The first-order valence-corrected chi connectivity index (χ1v) is 4.88. The highest BCUT2D eigenvalue weighted by molar-refractivity contribution is 5.75. The van der Waals surface area contributed by atoms with Crippen molar-refractivity contribution in [2.75, 3.05) is 0 Å². The summed E-state index contributed by atoms with van der Waals surface area (Å²) in [6.07, 6.45) is 2.10. The van der Waals surface area contributed by atoms with Crippen molar-refractivity contribution < 1.29 is 0 Å². The van der Waals surface area contributed by atoms with E-state index < -0.39 is 0 Å². The van der Waals surface area contributed by atoms with Crippen molar-refractivity contribution in [3.05, 3.63) is 34.9 Å². The lowest BCUT2D eigenvalue weighted by Gasteiger charge is -2.42. The van der Waals surface area contributed by atoms with E-state index in [2.05, 4.69) is 25.6 Å². The summed E-state index contributed by atoms with van der Waals surface area (Å²) in [4.78, 5) is 0. The molecule has 14 heavy (non-hydrogen) atoms. The number of allylic oxidation sites excluding steroid dienone is 4. The molecular weight excluding hydrogens is 172 g/mol. The second-order valence-corrected chi connectivity index (χ2v) is 4.17. The molecule has 0 aromatic carbocycles. The molecule has 0 heterocycles. The topological polar surface area (TPSA) is 49.8 Å². The molecule has 0 aliphatic heterocycles. The minimum absolute atomic E-state index is 0.0472. The molecule has 2 N–H and O–H groups in total. The number of nitrogens with zero attached hydrogens (tertiary/aromatic N) is 1. The van der Waals surface area contributed by atoms with E-state index in [0.717, 1.165) is 5.57 Å². The van der Waals surface area contributed by atoms with Crippen molar-refractivity contribution in [3.63, 3.8) is 0 Å². The third kappa shape index (κ3) is 0.935. The average Bonchev–Trinajstić information content (AvgIpc) is 2.09. The summed E-state index contributed by atoms with van der Waals surface area (Å²) >= 11 is 0. The smallest absolute Gasteiger partial charge is 0.0969 e. The first kappa shape index (κ1) is 9.23. The first-order valence-electron chi connectivity index (χ1n) is 4.88. The number of hydrogen-bond acceptors (Lipinski definition) is 2. The van der Waals surface area contributed by atoms with E-state index in [-0.39, 0.29) is 12.0 Å².